The molecule has 3 rings (SSSR count). The summed E-state index contributed by atoms with van der Waals surface area (Å²) < 4.78 is 5.47. The fraction of sp³-hybridized carbons (Fsp3) is 0.190. The average molecular weight is 363 g/mol. The highest BCUT2D eigenvalue weighted by Crippen LogP contribution is 2.25. The standard InChI is InChI=1S/C21H22N4O2/c1-4-27-19-6-5-15(12-17(19)20(22)26)18-7-8-23-21(25-18)24-16-10-13(2)9-14(3)11-16/h5-12H,4H2,1-3H3,(H2,22,26)(H,23,24,25)/p+1. The lowest BCUT2D eigenvalue weighted by molar-refractivity contribution is -0.487. The molecule has 0 unspecified atom stereocenters. The highest BCUT2D eigenvalue weighted by Gasteiger charge is 2.13. The van der Waals surface area contributed by atoms with E-state index >= 15 is 0 Å². The molecule has 6 heteroatoms. The first-order valence-electron chi connectivity index (χ1n) is 8.79. The highest BCUT2D eigenvalue weighted by molar-refractivity contribution is 5.96. The lowest BCUT2D eigenvalue weighted by Gasteiger charge is -2.10. The number of rotatable bonds is 6. The van der Waals surface area contributed by atoms with Gasteiger partial charge < -0.3 is 10.5 Å². The Balaban J connectivity index is 1.93. The monoisotopic (exact) mass is 363 g/mol. The van der Waals surface area contributed by atoms with Gasteiger partial charge in [-0.3, -0.25) is 4.79 Å². The van der Waals surface area contributed by atoms with Crippen LogP contribution < -0.4 is 15.8 Å². The molecule has 0 aliphatic heterocycles. The van der Waals surface area contributed by atoms with Gasteiger partial charge in [-0.25, -0.2) is 5.32 Å². The molecule has 0 spiro atoms. The van der Waals surface area contributed by atoms with E-state index in [2.05, 4.69) is 42.0 Å². The van der Waals surface area contributed by atoms with E-state index in [1.165, 1.54) is 11.1 Å². The molecule has 0 saturated carbocycles. The molecule has 3 aromatic rings. The van der Waals surface area contributed by atoms with Crippen LogP contribution in [0.4, 0.5) is 11.6 Å². The maximum absolute atomic E-state index is 11.8. The topological polar surface area (TPSA) is 94.7 Å². The second-order valence-corrected chi connectivity index (χ2v) is 6.37. The number of hydrogen-bond acceptors (Lipinski definition) is 4. The van der Waals surface area contributed by atoms with Gasteiger partial charge in [-0.2, -0.15) is 9.97 Å². The number of aromatic nitrogens is 2. The molecule has 0 saturated heterocycles. The third kappa shape index (κ3) is 4.48. The molecule has 1 aromatic heterocycles. The van der Waals surface area contributed by atoms with Crippen LogP contribution in [0.5, 0.6) is 5.75 Å². The highest BCUT2D eigenvalue weighted by atomic mass is 16.5. The molecule has 2 aromatic carbocycles. The van der Waals surface area contributed by atoms with Crippen LogP contribution >= 0.6 is 0 Å². The van der Waals surface area contributed by atoms with Gasteiger partial charge in [0.2, 0.25) is 0 Å². The smallest absolute Gasteiger partial charge is 0.331 e. The zero-order valence-corrected chi connectivity index (χ0v) is 15.7. The molecule has 0 bridgehead atoms. The number of nitrogens with two attached hydrogens (primary N) is 2. The Morgan fingerprint density at radius 2 is 1.85 bits per heavy atom. The van der Waals surface area contributed by atoms with Crippen LogP contribution in [0.3, 0.4) is 0 Å². The van der Waals surface area contributed by atoms with Crippen LogP contribution in [-0.2, 0) is 0 Å². The fourth-order valence-corrected chi connectivity index (χ4v) is 3.01. The minimum atomic E-state index is -0.531. The summed E-state index contributed by atoms with van der Waals surface area (Å²) >= 11 is 0. The third-order valence-corrected chi connectivity index (χ3v) is 4.05. The number of hydrogen-bond donors (Lipinski definition) is 2. The Kier molecular flexibility index (Phi) is 5.47. The number of nitrogens with zero attached hydrogens (tertiary/aromatic N) is 2. The molecule has 1 heterocycles. The van der Waals surface area contributed by atoms with E-state index in [1.54, 1.807) is 24.4 Å². The van der Waals surface area contributed by atoms with E-state index in [1.807, 2.05) is 18.3 Å². The molecule has 1 amide bonds. The number of carbonyl (C=O) groups excluding carboxylic acids is 1. The van der Waals surface area contributed by atoms with Gasteiger partial charge in [0.1, 0.15) is 11.4 Å². The van der Waals surface area contributed by atoms with E-state index in [0.29, 0.717) is 29.6 Å². The van der Waals surface area contributed by atoms with Crippen LogP contribution in [0.25, 0.3) is 11.3 Å². The van der Waals surface area contributed by atoms with Crippen molar-refractivity contribution in [2.45, 2.75) is 20.8 Å². The summed E-state index contributed by atoms with van der Waals surface area (Å²) in [6, 6.07) is 13.4. The first kappa shape index (κ1) is 18.5. The van der Waals surface area contributed by atoms with E-state index in [9.17, 15) is 4.79 Å². The Morgan fingerprint density at radius 1 is 1.11 bits per heavy atom. The van der Waals surface area contributed by atoms with E-state index in [4.69, 9.17) is 10.5 Å². The summed E-state index contributed by atoms with van der Waals surface area (Å²) in [6.07, 6.45) is 1.71. The zero-order valence-electron chi connectivity index (χ0n) is 15.7. The summed E-state index contributed by atoms with van der Waals surface area (Å²) in [5.74, 6) is 0.549. The van der Waals surface area contributed by atoms with Crippen molar-refractivity contribution in [3.8, 4) is 17.0 Å². The van der Waals surface area contributed by atoms with Gasteiger partial charge in [-0.05, 0) is 56.2 Å². The van der Waals surface area contributed by atoms with Crippen molar-refractivity contribution >= 4 is 17.5 Å². The molecular formula is C21H23N4O2+. The second kappa shape index (κ2) is 7.97. The number of amides is 1. The summed E-state index contributed by atoms with van der Waals surface area (Å²) in [4.78, 5) is 20.7. The molecule has 6 nitrogen and oxygen atoms in total. The molecule has 27 heavy (non-hydrogen) atoms. The fourth-order valence-electron chi connectivity index (χ4n) is 3.01. The van der Waals surface area contributed by atoms with Gasteiger partial charge in [-0.1, -0.05) is 6.07 Å². The average Bonchev–Trinajstić information content (AvgIpc) is 2.61. The maximum Gasteiger partial charge on any atom is 0.331 e. The van der Waals surface area contributed by atoms with Crippen molar-refractivity contribution in [2.75, 3.05) is 6.61 Å². The second-order valence-electron chi connectivity index (χ2n) is 6.37. The summed E-state index contributed by atoms with van der Waals surface area (Å²) in [7, 11) is 0. The van der Waals surface area contributed by atoms with Crippen molar-refractivity contribution in [3.63, 3.8) is 0 Å². The van der Waals surface area contributed by atoms with Crippen molar-refractivity contribution in [1.82, 2.24) is 9.97 Å². The third-order valence-electron chi connectivity index (χ3n) is 4.05. The Bertz CT molecular complexity index is 965. The molecular weight excluding hydrogens is 340 g/mol. The molecule has 4 N–H and O–H groups in total. The molecule has 0 fully saturated rings. The minimum Gasteiger partial charge on any atom is -0.493 e. The van der Waals surface area contributed by atoms with E-state index < -0.39 is 5.91 Å². The summed E-state index contributed by atoms with van der Waals surface area (Å²) in [6.45, 7) is 6.44. The van der Waals surface area contributed by atoms with Crippen LogP contribution in [0.2, 0.25) is 0 Å². The maximum atomic E-state index is 11.8. The summed E-state index contributed by atoms with van der Waals surface area (Å²) in [5.41, 5.74) is 10.8. The molecule has 0 aliphatic carbocycles. The normalized spacial score (nSPS) is 10.6. The van der Waals surface area contributed by atoms with Gasteiger partial charge >= 0.3 is 5.95 Å². The minimum absolute atomic E-state index is 0.341. The van der Waals surface area contributed by atoms with Gasteiger partial charge in [-0.15, -0.1) is 0 Å². The van der Waals surface area contributed by atoms with Crippen molar-refractivity contribution in [2.24, 2.45) is 5.73 Å². The molecule has 138 valence electrons. The SMILES string of the molecule is CCOc1ccc(-c2ccnc([NH2+]c3cc(C)cc(C)c3)n2)cc1C(N)=O. The van der Waals surface area contributed by atoms with Gasteiger partial charge in [0.05, 0.1) is 17.9 Å². The number of aryl methyl sites for hydroxylation is 2. The van der Waals surface area contributed by atoms with Crippen molar-refractivity contribution in [1.29, 1.82) is 0 Å². The number of quaternary nitrogens is 1. The zero-order chi connectivity index (χ0) is 19.4. The molecule has 0 atom stereocenters. The Morgan fingerprint density at radius 3 is 2.52 bits per heavy atom. The Hall–Kier alpha value is -3.25. The van der Waals surface area contributed by atoms with E-state index in [-0.39, 0.29) is 0 Å². The van der Waals surface area contributed by atoms with Crippen molar-refractivity contribution in [3.05, 3.63) is 65.4 Å². The largest absolute Gasteiger partial charge is 0.493 e. The number of benzene rings is 2. The van der Waals surface area contributed by atoms with Crippen LogP contribution in [-0.4, -0.2) is 22.5 Å². The van der Waals surface area contributed by atoms with E-state index in [0.717, 1.165) is 11.3 Å². The van der Waals surface area contributed by atoms with Crippen LogP contribution in [0, 0.1) is 13.8 Å². The van der Waals surface area contributed by atoms with Gasteiger partial charge in [0.15, 0.2) is 0 Å². The number of ether oxygens (including phenoxy) is 1. The first-order chi connectivity index (χ1) is 13.0. The van der Waals surface area contributed by atoms with Crippen molar-refractivity contribution < 1.29 is 14.8 Å². The first-order valence-corrected chi connectivity index (χ1v) is 8.79. The van der Waals surface area contributed by atoms with Crippen LogP contribution in [0.15, 0.2) is 48.7 Å². The van der Waals surface area contributed by atoms with Gasteiger partial charge in [0.25, 0.3) is 5.91 Å². The predicted molar refractivity (Wildman–Crippen MR) is 104 cm³/mol. The quantitative estimate of drug-likeness (QED) is 0.658. The number of primary amides is 1. The van der Waals surface area contributed by atoms with Crippen LogP contribution in [0.1, 0.15) is 28.4 Å². The predicted octanol–water partition coefficient (Wildman–Crippen LogP) is 2.78. The lowest BCUT2D eigenvalue weighted by atomic mass is 10.1. The Labute approximate surface area is 158 Å². The summed E-state index contributed by atoms with van der Waals surface area (Å²) in [5, 5.41) is 1.94. The lowest BCUT2D eigenvalue weighted by Crippen LogP contribution is -2.72. The molecule has 0 radical (unpaired) electrons. The number of carbonyl (C=O) groups is 1. The molecule has 0 aliphatic rings. The van der Waals surface area contributed by atoms with Gasteiger partial charge in [0, 0.05) is 23.9 Å².